The zero-order valence-corrected chi connectivity index (χ0v) is 11.9. The fourth-order valence-electron chi connectivity index (χ4n) is 2.24. The van der Waals surface area contributed by atoms with E-state index in [4.69, 9.17) is 5.11 Å². The van der Waals surface area contributed by atoms with E-state index in [2.05, 4.69) is 15.3 Å². The highest BCUT2D eigenvalue weighted by Crippen LogP contribution is 2.16. The highest BCUT2D eigenvalue weighted by atomic mass is 16.4. The predicted octanol–water partition coefficient (Wildman–Crippen LogP) is 1.86. The van der Waals surface area contributed by atoms with Gasteiger partial charge in [0.05, 0.1) is 6.42 Å². The Balaban J connectivity index is 2.02. The summed E-state index contributed by atoms with van der Waals surface area (Å²) in [5.74, 6) is -1.28. The van der Waals surface area contributed by atoms with Gasteiger partial charge in [0.25, 0.3) is 0 Å². The van der Waals surface area contributed by atoms with Crippen LogP contribution in [0.25, 0.3) is 11.0 Å². The van der Waals surface area contributed by atoms with E-state index in [0.29, 0.717) is 6.42 Å². The molecule has 2 heterocycles. The van der Waals surface area contributed by atoms with E-state index in [1.807, 2.05) is 13.0 Å². The van der Waals surface area contributed by atoms with Crippen LogP contribution in [-0.4, -0.2) is 33.0 Å². The number of carboxylic acid groups (broad SMARTS) is 1. The van der Waals surface area contributed by atoms with Crippen LogP contribution in [0.1, 0.15) is 31.7 Å². The van der Waals surface area contributed by atoms with Gasteiger partial charge in [0, 0.05) is 17.8 Å². The molecule has 0 spiro atoms. The van der Waals surface area contributed by atoms with Gasteiger partial charge in [-0.25, -0.2) is 9.78 Å². The molecular weight excluding hydrogens is 270 g/mol. The molecule has 6 heteroatoms. The number of pyridine rings is 1. The molecule has 2 rings (SSSR count). The first-order valence-electron chi connectivity index (χ1n) is 7.05. The van der Waals surface area contributed by atoms with E-state index in [9.17, 15) is 9.59 Å². The van der Waals surface area contributed by atoms with Gasteiger partial charge in [0.15, 0.2) is 0 Å². The second kappa shape index (κ2) is 6.88. The number of amides is 1. The van der Waals surface area contributed by atoms with Crippen LogP contribution in [0, 0.1) is 0 Å². The van der Waals surface area contributed by atoms with E-state index in [-0.39, 0.29) is 12.3 Å². The van der Waals surface area contributed by atoms with Gasteiger partial charge in [0.1, 0.15) is 11.7 Å². The van der Waals surface area contributed by atoms with Crippen LogP contribution < -0.4 is 5.32 Å². The summed E-state index contributed by atoms with van der Waals surface area (Å²) < 4.78 is 0. The Morgan fingerprint density at radius 2 is 2.29 bits per heavy atom. The Morgan fingerprint density at radius 1 is 1.48 bits per heavy atom. The molecule has 0 saturated heterocycles. The van der Waals surface area contributed by atoms with Gasteiger partial charge in [-0.2, -0.15) is 0 Å². The van der Waals surface area contributed by atoms with Crippen LogP contribution in [0.15, 0.2) is 24.5 Å². The predicted molar refractivity (Wildman–Crippen MR) is 78.9 cm³/mol. The van der Waals surface area contributed by atoms with Crippen LogP contribution in [0.2, 0.25) is 0 Å². The molecule has 0 radical (unpaired) electrons. The maximum Gasteiger partial charge on any atom is 0.326 e. The summed E-state index contributed by atoms with van der Waals surface area (Å²) in [6.07, 6.45) is 5.67. The molecule has 1 atom stereocenters. The lowest BCUT2D eigenvalue weighted by atomic mass is 10.1. The van der Waals surface area contributed by atoms with Crippen molar-refractivity contribution in [2.45, 2.75) is 38.6 Å². The van der Waals surface area contributed by atoms with Crippen molar-refractivity contribution in [3.8, 4) is 0 Å². The first-order valence-corrected chi connectivity index (χ1v) is 7.05. The van der Waals surface area contributed by atoms with Gasteiger partial charge >= 0.3 is 5.97 Å². The fourth-order valence-corrected chi connectivity index (χ4v) is 2.24. The van der Waals surface area contributed by atoms with E-state index in [0.717, 1.165) is 29.4 Å². The molecule has 0 aliphatic carbocycles. The number of fused-ring (bicyclic) bond motifs is 1. The molecule has 1 unspecified atom stereocenters. The van der Waals surface area contributed by atoms with E-state index in [1.165, 1.54) is 0 Å². The fraction of sp³-hybridized carbons (Fsp3) is 0.400. The minimum absolute atomic E-state index is 0.140. The summed E-state index contributed by atoms with van der Waals surface area (Å²) in [5, 5.41) is 12.6. The van der Waals surface area contributed by atoms with Gasteiger partial charge in [-0.3, -0.25) is 4.79 Å². The van der Waals surface area contributed by atoms with Crippen molar-refractivity contribution < 1.29 is 14.7 Å². The number of hydrogen-bond acceptors (Lipinski definition) is 3. The molecule has 3 N–H and O–H groups in total. The number of H-pyrrole nitrogens is 1. The highest BCUT2D eigenvalue weighted by Gasteiger charge is 2.19. The van der Waals surface area contributed by atoms with Crippen LogP contribution in [0.3, 0.4) is 0 Å². The number of nitrogens with one attached hydrogen (secondary N) is 2. The van der Waals surface area contributed by atoms with Gasteiger partial charge in [-0.15, -0.1) is 0 Å². The molecular formula is C15H19N3O3. The van der Waals surface area contributed by atoms with Crippen molar-refractivity contribution >= 4 is 22.9 Å². The maximum absolute atomic E-state index is 12.0. The number of nitrogens with zero attached hydrogens (tertiary/aromatic N) is 1. The van der Waals surface area contributed by atoms with Crippen molar-refractivity contribution in [1.82, 2.24) is 15.3 Å². The van der Waals surface area contributed by atoms with Crippen LogP contribution in [-0.2, 0) is 16.0 Å². The summed E-state index contributed by atoms with van der Waals surface area (Å²) >= 11 is 0. The number of carbonyl (C=O) groups is 2. The Hall–Kier alpha value is -2.37. The molecule has 0 bridgehead atoms. The number of aromatic amines is 1. The van der Waals surface area contributed by atoms with E-state index < -0.39 is 12.0 Å². The molecule has 0 aliphatic rings. The number of carboxylic acids is 1. The number of hydrogen-bond donors (Lipinski definition) is 3. The molecule has 112 valence electrons. The minimum atomic E-state index is -0.989. The summed E-state index contributed by atoms with van der Waals surface area (Å²) in [6, 6.07) is 2.87. The van der Waals surface area contributed by atoms with Crippen molar-refractivity contribution in [3.63, 3.8) is 0 Å². The van der Waals surface area contributed by atoms with Crippen LogP contribution in [0.5, 0.6) is 0 Å². The second-order valence-corrected chi connectivity index (χ2v) is 4.99. The number of aromatic nitrogens is 2. The smallest absolute Gasteiger partial charge is 0.326 e. The van der Waals surface area contributed by atoms with E-state index >= 15 is 0 Å². The molecule has 1 amide bonds. The van der Waals surface area contributed by atoms with Crippen molar-refractivity contribution in [3.05, 3.63) is 30.1 Å². The summed E-state index contributed by atoms with van der Waals surface area (Å²) in [7, 11) is 0. The Morgan fingerprint density at radius 3 is 3.00 bits per heavy atom. The van der Waals surface area contributed by atoms with Crippen LogP contribution >= 0.6 is 0 Å². The quantitative estimate of drug-likeness (QED) is 0.725. The standard InChI is InChI=1S/C15H19N3O3/c1-2-3-6-12(15(20)21)18-13(19)8-10-9-17-14-11(10)5-4-7-16-14/h4-5,7,9,12H,2-3,6,8H2,1H3,(H,16,17)(H,18,19)(H,20,21). The first kappa shape index (κ1) is 15.0. The van der Waals surface area contributed by atoms with Gasteiger partial charge < -0.3 is 15.4 Å². The highest BCUT2D eigenvalue weighted by molar-refractivity contribution is 5.89. The first-order chi connectivity index (χ1) is 10.1. The zero-order chi connectivity index (χ0) is 15.2. The Bertz CT molecular complexity index is 636. The molecule has 6 nitrogen and oxygen atoms in total. The third-order valence-electron chi connectivity index (χ3n) is 3.37. The normalized spacial score (nSPS) is 12.2. The van der Waals surface area contributed by atoms with Crippen molar-refractivity contribution in [2.75, 3.05) is 0 Å². The molecule has 0 saturated carbocycles. The lowest BCUT2D eigenvalue weighted by Gasteiger charge is -2.13. The summed E-state index contributed by atoms with van der Waals surface area (Å²) in [5.41, 5.74) is 1.54. The lowest BCUT2D eigenvalue weighted by molar-refractivity contribution is -0.141. The third-order valence-corrected chi connectivity index (χ3v) is 3.37. The molecule has 0 aromatic carbocycles. The van der Waals surface area contributed by atoms with Gasteiger partial charge in [-0.1, -0.05) is 19.8 Å². The SMILES string of the molecule is CCCCC(NC(=O)Cc1c[nH]c2ncccc12)C(=O)O. The number of carbonyl (C=O) groups excluding carboxylic acids is 1. The number of rotatable bonds is 7. The van der Waals surface area contributed by atoms with Gasteiger partial charge in [0.2, 0.25) is 5.91 Å². The Labute approximate surface area is 122 Å². The monoisotopic (exact) mass is 289 g/mol. The molecule has 0 fully saturated rings. The average molecular weight is 289 g/mol. The molecule has 21 heavy (non-hydrogen) atoms. The molecule has 2 aromatic rings. The van der Waals surface area contributed by atoms with E-state index in [1.54, 1.807) is 18.5 Å². The average Bonchev–Trinajstić information content (AvgIpc) is 2.86. The van der Waals surface area contributed by atoms with Crippen molar-refractivity contribution in [1.29, 1.82) is 0 Å². The van der Waals surface area contributed by atoms with Gasteiger partial charge in [-0.05, 0) is 24.1 Å². The third kappa shape index (κ3) is 3.81. The Kier molecular flexibility index (Phi) is 4.92. The summed E-state index contributed by atoms with van der Waals surface area (Å²) in [6.45, 7) is 1.99. The zero-order valence-electron chi connectivity index (χ0n) is 11.9. The van der Waals surface area contributed by atoms with Crippen LogP contribution in [0.4, 0.5) is 0 Å². The number of aliphatic carboxylic acids is 1. The maximum atomic E-state index is 12.0. The second-order valence-electron chi connectivity index (χ2n) is 4.99. The summed E-state index contributed by atoms with van der Waals surface area (Å²) in [4.78, 5) is 30.3. The molecule has 2 aromatic heterocycles. The molecule has 0 aliphatic heterocycles. The number of unbranched alkanes of at least 4 members (excludes halogenated alkanes) is 1. The minimum Gasteiger partial charge on any atom is -0.480 e. The lowest BCUT2D eigenvalue weighted by Crippen LogP contribution is -2.41. The van der Waals surface area contributed by atoms with Crippen molar-refractivity contribution in [2.24, 2.45) is 0 Å². The topological polar surface area (TPSA) is 95.1 Å². The largest absolute Gasteiger partial charge is 0.480 e.